The van der Waals surface area contributed by atoms with Crippen LogP contribution in [-0.4, -0.2) is 22.2 Å². The van der Waals surface area contributed by atoms with Gasteiger partial charge < -0.3 is 29.2 Å². The fourth-order valence-corrected chi connectivity index (χ4v) is 4.47. The molecule has 0 radical (unpaired) electrons. The van der Waals surface area contributed by atoms with Crippen LogP contribution in [0.1, 0.15) is 20.7 Å². The molecule has 0 saturated carbocycles. The van der Waals surface area contributed by atoms with Crippen molar-refractivity contribution in [1.82, 2.24) is 0 Å². The van der Waals surface area contributed by atoms with Gasteiger partial charge in [-0.2, -0.15) is 0 Å². The Kier molecular flexibility index (Phi) is 7.79. The van der Waals surface area contributed by atoms with Crippen molar-refractivity contribution in [2.45, 2.75) is 0 Å². The average molecular weight is 585 g/mol. The van der Waals surface area contributed by atoms with E-state index >= 15 is 0 Å². The van der Waals surface area contributed by atoms with Gasteiger partial charge in [0.25, 0.3) is 0 Å². The first-order valence-electron chi connectivity index (χ1n) is 13.5. The molecule has 6 aromatic carbocycles. The Bertz CT molecular complexity index is 1790. The molecule has 8 nitrogen and oxygen atoms in total. The van der Waals surface area contributed by atoms with Crippen molar-refractivity contribution in [2.24, 2.45) is 0 Å². The van der Waals surface area contributed by atoms with Crippen LogP contribution in [0.5, 0.6) is 46.0 Å². The molecule has 0 bridgehead atoms. The number of carbonyl (C=O) groups is 2. The minimum absolute atomic E-state index is 0.0592. The van der Waals surface area contributed by atoms with E-state index in [1.165, 1.54) is 24.3 Å². The Balaban J connectivity index is 1.33. The summed E-state index contributed by atoms with van der Waals surface area (Å²) in [6, 6.07) is 37.7. The highest BCUT2D eigenvalue weighted by atomic mass is 16.5. The highest BCUT2D eigenvalue weighted by Gasteiger charge is 2.18. The second-order valence-electron chi connectivity index (χ2n) is 9.63. The van der Waals surface area contributed by atoms with Gasteiger partial charge in [0.1, 0.15) is 46.0 Å². The molecule has 0 fully saturated rings. The van der Waals surface area contributed by atoms with Gasteiger partial charge in [-0.05, 0) is 97.1 Å². The summed E-state index contributed by atoms with van der Waals surface area (Å²) in [5.41, 5.74) is -0.118. The Labute approximate surface area is 251 Å². The fraction of sp³-hybridized carbons (Fsp3) is 0. The Morgan fingerprint density at radius 2 is 0.682 bits per heavy atom. The number of hydrogen-bond acceptors (Lipinski definition) is 6. The molecule has 0 aromatic heterocycles. The van der Waals surface area contributed by atoms with E-state index in [9.17, 15) is 19.8 Å². The zero-order chi connectivity index (χ0) is 30.5. The molecule has 0 heterocycles. The maximum absolute atomic E-state index is 12.1. The summed E-state index contributed by atoms with van der Waals surface area (Å²) in [6.07, 6.45) is 0. The quantitative estimate of drug-likeness (QED) is 0.164. The SMILES string of the molecule is O=C(O)c1cc(Oc2ccc(Oc3ccccc3)cc2)c2cc(C(=O)O)cc(Oc3ccc(Oc4ccccc4)cc3)c2c1. The summed E-state index contributed by atoms with van der Waals surface area (Å²) in [4.78, 5) is 24.2. The second kappa shape index (κ2) is 12.3. The number of carboxylic acid groups (broad SMARTS) is 2. The molecule has 2 N–H and O–H groups in total. The van der Waals surface area contributed by atoms with E-state index in [1.807, 2.05) is 60.7 Å². The number of aromatic carboxylic acids is 2. The zero-order valence-electron chi connectivity index (χ0n) is 23.0. The van der Waals surface area contributed by atoms with Crippen molar-refractivity contribution in [3.63, 3.8) is 0 Å². The lowest BCUT2D eigenvalue weighted by molar-refractivity contribution is 0.0685. The largest absolute Gasteiger partial charge is 0.478 e. The topological polar surface area (TPSA) is 112 Å². The lowest BCUT2D eigenvalue weighted by Crippen LogP contribution is -2.01. The van der Waals surface area contributed by atoms with Gasteiger partial charge in [-0.15, -0.1) is 0 Å². The summed E-state index contributed by atoms with van der Waals surface area (Å²) in [5.74, 6) is 1.23. The van der Waals surface area contributed by atoms with Crippen molar-refractivity contribution < 1.29 is 38.7 Å². The van der Waals surface area contributed by atoms with Crippen molar-refractivity contribution in [3.8, 4) is 46.0 Å². The molecular weight excluding hydrogens is 560 g/mol. The van der Waals surface area contributed by atoms with Crippen molar-refractivity contribution >= 4 is 22.7 Å². The minimum atomic E-state index is -1.18. The zero-order valence-corrected chi connectivity index (χ0v) is 23.0. The lowest BCUT2D eigenvalue weighted by atomic mass is 10.0. The normalized spacial score (nSPS) is 10.6. The smallest absolute Gasteiger partial charge is 0.335 e. The van der Waals surface area contributed by atoms with Crippen LogP contribution < -0.4 is 18.9 Å². The Hall–Kier alpha value is -6.28. The van der Waals surface area contributed by atoms with Gasteiger partial charge in [0.15, 0.2) is 0 Å². The number of rotatable bonds is 10. The number of para-hydroxylation sites is 2. The first-order chi connectivity index (χ1) is 21.4. The van der Waals surface area contributed by atoms with Crippen LogP contribution >= 0.6 is 0 Å². The van der Waals surface area contributed by atoms with E-state index < -0.39 is 11.9 Å². The van der Waals surface area contributed by atoms with Crippen LogP contribution in [0.25, 0.3) is 10.8 Å². The van der Waals surface area contributed by atoms with E-state index in [4.69, 9.17) is 18.9 Å². The maximum atomic E-state index is 12.1. The van der Waals surface area contributed by atoms with Gasteiger partial charge in [0, 0.05) is 10.8 Å². The van der Waals surface area contributed by atoms with Gasteiger partial charge >= 0.3 is 11.9 Å². The molecule has 6 rings (SSSR count). The molecule has 216 valence electrons. The molecule has 0 atom stereocenters. The molecule has 6 aromatic rings. The van der Waals surface area contributed by atoms with Crippen LogP contribution in [0, 0.1) is 0 Å². The van der Waals surface area contributed by atoms with Crippen LogP contribution in [0.15, 0.2) is 133 Å². The average Bonchev–Trinajstić information content (AvgIpc) is 3.04. The minimum Gasteiger partial charge on any atom is -0.478 e. The molecule has 0 aliphatic carbocycles. The number of carboxylic acids is 2. The van der Waals surface area contributed by atoms with Crippen LogP contribution in [-0.2, 0) is 0 Å². The summed E-state index contributed by atoms with van der Waals surface area (Å²) in [5, 5.41) is 20.5. The lowest BCUT2D eigenvalue weighted by Gasteiger charge is -2.15. The molecule has 0 saturated heterocycles. The van der Waals surface area contributed by atoms with Gasteiger partial charge in [-0.3, -0.25) is 0 Å². The molecule has 0 spiro atoms. The molecule has 0 aliphatic rings. The van der Waals surface area contributed by atoms with Crippen LogP contribution in [0.2, 0.25) is 0 Å². The Morgan fingerprint density at radius 1 is 0.386 bits per heavy atom. The van der Waals surface area contributed by atoms with Gasteiger partial charge in [0.05, 0.1) is 11.1 Å². The van der Waals surface area contributed by atoms with E-state index in [0.717, 1.165) is 0 Å². The first-order valence-corrected chi connectivity index (χ1v) is 13.5. The molecule has 0 aliphatic heterocycles. The highest BCUT2D eigenvalue weighted by Crippen LogP contribution is 2.40. The summed E-state index contributed by atoms with van der Waals surface area (Å²) >= 11 is 0. The maximum Gasteiger partial charge on any atom is 0.335 e. The predicted molar refractivity (Wildman–Crippen MR) is 164 cm³/mol. The van der Waals surface area contributed by atoms with E-state index in [1.54, 1.807) is 48.5 Å². The molecule has 8 heteroatoms. The number of ether oxygens (including phenoxy) is 4. The van der Waals surface area contributed by atoms with E-state index in [-0.39, 0.29) is 22.6 Å². The van der Waals surface area contributed by atoms with E-state index in [0.29, 0.717) is 45.3 Å². The first kappa shape index (κ1) is 27.9. The second-order valence-corrected chi connectivity index (χ2v) is 9.63. The molecule has 44 heavy (non-hydrogen) atoms. The monoisotopic (exact) mass is 584 g/mol. The van der Waals surface area contributed by atoms with Gasteiger partial charge in [0.2, 0.25) is 0 Å². The summed E-state index contributed by atoms with van der Waals surface area (Å²) in [7, 11) is 0. The standard InChI is InChI=1S/C36H24O8/c37-35(38)23-20-32-31(33(21-23)43-29-15-11-27(12-16-29)41-25-7-3-1-4-8-25)19-24(36(39)40)22-34(32)44-30-17-13-28(14-18-30)42-26-9-5-2-6-10-26/h1-22H,(H,37,38)(H,39,40). The third-order valence-electron chi connectivity index (χ3n) is 6.55. The Morgan fingerprint density at radius 3 is 1.00 bits per heavy atom. The van der Waals surface area contributed by atoms with Crippen LogP contribution in [0.3, 0.4) is 0 Å². The highest BCUT2D eigenvalue weighted by molar-refractivity contribution is 6.04. The van der Waals surface area contributed by atoms with Crippen LogP contribution in [0.4, 0.5) is 0 Å². The third-order valence-corrected chi connectivity index (χ3v) is 6.55. The van der Waals surface area contributed by atoms with Gasteiger partial charge in [-0.1, -0.05) is 36.4 Å². The van der Waals surface area contributed by atoms with Gasteiger partial charge in [-0.25, -0.2) is 9.59 Å². The number of fused-ring (bicyclic) bond motifs is 1. The summed E-state index contributed by atoms with van der Waals surface area (Å²) in [6.45, 7) is 0. The third kappa shape index (κ3) is 6.45. The number of hydrogen-bond donors (Lipinski definition) is 2. The predicted octanol–water partition coefficient (Wildman–Crippen LogP) is 9.41. The fourth-order valence-electron chi connectivity index (χ4n) is 4.47. The molecule has 0 amide bonds. The molecule has 0 unspecified atom stereocenters. The van der Waals surface area contributed by atoms with Crippen molar-refractivity contribution in [3.05, 3.63) is 145 Å². The summed E-state index contributed by atoms with van der Waals surface area (Å²) < 4.78 is 23.9. The number of benzene rings is 6. The van der Waals surface area contributed by atoms with E-state index in [2.05, 4.69) is 0 Å². The van der Waals surface area contributed by atoms with Crippen molar-refractivity contribution in [1.29, 1.82) is 0 Å². The van der Waals surface area contributed by atoms with Crippen molar-refractivity contribution in [2.75, 3.05) is 0 Å². The molecular formula is C36H24O8.